The molecule has 0 heterocycles. The number of hydrogen-bond donors (Lipinski definition) is 1. The van der Waals surface area contributed by atoms with Gasteiger partial charge >= 0.3 is 0 Å². The Morgan fingerprint density at radius 3 is 2.44 bits per heavy atom. The normalized spacial score (nSPS) is 24.3. The van der Waals surface area contributed by atoms with Crippen LogP contribution in [0.1, 0.15) is 45.1 Å². The van der Waals surface area contributed by atoms with Gasteiger partial charge in [0.1, 0.15) is 5.82 Å². The van der Waals surface area contributed by atoms with E-state index in [2.05, 4.69) is 19.2 Å². The van der Waals surface area contributed by atoms with Crippen molar-refractivity contribution < 1.29 is 4.39 Å². The van der Waals surface area contributed by atoms with Crippen molar-refractivity contribution in [3.63, 3.8) is 0 Å². The summed E-state index contributed by atoms with van der Waals surface area (Å²) in [4.78, 5) is 0. The summed E-state index contributed by atoms with van der Waals surface area (Å²) >= 11 is 0. The van der Waals surface area contributed by atoms with Gasteiger partial charge in [-0.3, -0.25) is 0 Å². The highest BCUT2D eigenvalue weighted by Crippen LogP contribution is 2.31. The van der Waals surface area contributed by atoms with Gasteiger partial charge in [-0.15, -0.1) is 0 Å². The van der Waals surface area contributed by atoms with Crippen LogP contribution in [0.3, 0.4) is 0 Å². The third-order valence-corrected chi connectivity index (χ3v) is 4.20. The molecule has 0 spiro atoms. The van der Waals surface area contributed by atoms with Crippen LogP contribution in [0.5, 0.6) is 0 Å². The largest absolute Gasteiger partial charge is 0.380 e. The molecule has 0 bridgehead atoms. The van der Waals surface area contributed by atoms with Crippen molar-refractivity contribution in [3.8, 4) is 0 Å². The van der Waals surface area contributed by atoms with Gasteiger partial charge in [-0.05, 0) is 62.1 Å². The molecular weight excluding hydrogens is 225 g/mol. The van der Waals surface area contributed by atoms with Crippen molar-refractivity contribution in [2.75, 3.05) is 5.32 Å². The van der Waals surface area contributed by atoms with E-state index in [4.69, 9.17) is 0 Å². The highest BCUT2D eigenvalue weighted by Gasteiger charge is 2.23. The molecule has 1 N–H and O–H groups in total. The maximum Gasteiger partial charge on any atom is 0.146 e. The Morgan fingerprint density at radius 1 is 1.17 bits per heavy atom. The zero-order valence-electron chi connectivity index (χ0n) is 11.7. The van der Waals surface area contributed by atoms with E-state index in [0.29, 0.717) is 11.7 Å². The SMILES string of the molecule is Cc1ccc(F)c(NC2CCC(C(C)C)CC2)c1. The second kappa shape index (κ2) is 5.73. The van der Waals surface area contributed by atoms with Crippen molar-refractivity contribution in [1.29, 1.82) is 0 Å². The molecular formula is C16H24FN. The summed E-state index contributed by atoms with van der Waals surface area (Å²) in [5, 5.41) is 3.37. The number of benzene rings is 1. The van der Waals surface area contributed by atoms with Crippen LogP contribution in [-0.4, -0.2) is 6.04 Å². The minimum absolute atomic E-state index is 0.133. The maximum absolute atomic E-state index is 13.7. The zero-order valence-corrected chi connectivity index (χ0v) is 11.7. The molecule has 0 radical (unpaired) electrons. The van der Waals surface area contributed by atoms with Crippen LogP contribution in [0.4, 0.5) is 10.1 Å². The molecule has 0 amide bonds. The minimum Gasteiger partial charge on any atom is -0.380 e. The second-order valence-corrected chi connectivity index (χ2v) is 5.98. The van der Waals surface area contributed by atoms with E-state index in [1.165, 1.54) is 12.8 Å². The third kappa shape index (κ3) is 3.24. The quantitative estimate of drug-likeness (QED) is 0.814. The van der Waals surface area contributed by atoms with Gasteiger partial charge in [-0.2, -0.15) is 0 Å². The Hall–Kier alpha value is -1.05. The van der Waals surface area contributed by atoms with E-state index in [-0.39, 0.29) is 5.82 Å². The maximum atomic E-state index is 13.7. The van der Waals surface area contributed by atoms with Gasteiger partial charge in [-0.1, -0.05) is 19.9 Å². The van der Waals surface area contributed by atoms with Gasteiger partial charge in [-0.25, -0.2) is 4.39 Å². The van der Waals surface area contributed by atoms with E-state index in [1.54, 1.807) is 6.07 Å². The van der Waals surface area contributed by atoms with Crippen LogP contribution in [0, 0.1) is 24.6 Å². The molecule has 0 unspecified atom stereocenters. The standard InChI is InChI=1S/C16H24FN/c1-11(2)13-5-7-14(8-6-13)18-16-10-12(3)4-9-15(16)17/h4,9-11,13-14,18H,5-8H2,1-3H3. The Kier molecular flexibility index (Phi) is 4.26. The highest BCUT2D eigenvalue weighted by atomic mass is 19.1. The van der Waals surface area contributed by atoms with Crippen LogP contribution in [0.15, 0.2) is 18.2 Å². The van der Waals surface area contributed by atoms with Crippen LogP contribution in [0.2, 0.25) is 0 Å². The summed E-state index contributed by atoms with van der Waals surface area (Å²) in [5.41, 5.74) is 1.78. The molecule has 100 valence electrons. The number of halogens is 1. The summed E-state index contributed by atoms with van der Waals surface area (Å²) in [5.74, 6) is 1.50. The molecule has 1 aromatic rings. The van der Waals surface area contributed by atoms with Gasteiger partial charge < -0.3 is 5.32 Å². The predicted molar refractivity (Wildman–Crippen MR) is 75.3 cm³/mol. The number of nitrogens with one attached hydrogen (secondary N) is 1. The van der Waals surface area contributed by atoms with Gasteiger partial charge in [0, 0.05) is 6.04 Å². The van der Waals surface area contributed by atoms with E-state index >= 15 is 0 Å². The van der Waals surface area contributed by atoms with Crippen LogP contribution in [-0.2, 0) is 0 Å². The van der Waals surface area contributed by atoms with Crippen molar-refractivity contribution >= 4 is 5.69 Å². The molecule has 2 heteroatoms. The van der Waals surface area contributed by atoms with Crippen LogP contribution in [0.25, 0.3) is 0 Å². The lowest BCUT2D eigenvalue weighted by molar-refractivity contribution is 0.266. The molecule has 0 atom stereocenters. The molecule has 1 aliphatic carbocycles. The summed E-state index contributed by atoms with van der Waals surface area (Å²) in [6.07, 6.45) is 4.86. The van der Waals surface area contributed by atoms with Crippen LogP contribution >= 0.6 is 0 Å². The first kappa shape index (κ1) is 13.4. The summed E-state index contributed by atoms with van der Waals surface area (Å²) < 4.78 is 13.7. The lowest BCUT2D eigenvalue weighted by Gasteiger charge is -2.32. The van der Waals surface area contributed by atoms with Crippen molar-refractivity contribution in [1.82, 2.24) is 0 Å². The number of aryl methyl sites for hydroxylation is 1. The monoisotopic (exact) mass is 249 g/mol. The first-order valence-electron chi connectivity index (χ1n) is 7.09. The smallest absolute Gasteiger partial charge is 0.146 e. The van der Waals surface area contributed by atoms with Gasteiger partial charge in [0.25, 0.3) is 0 Å². The van der Waals surface area contributed by atoms with Gasteiger partial charge in [0.05, 0.1) is 5.69 Å². The fraction of sp³-hybridized carbons (Fsp3) is 0.625. The lowest BCUT2D eigenvalue weighted by atomic mass is 9.79. The number of rotatable bonds is 3. The summed E-state index contributed by atoms with van der Waals surface area (Å²) in [6, 6.07) is 5.72. The molecule has 1 fully saturated rings. The second-order valence-electron chi connectivity index (χ2n) is 5.98. The van der Waals surface area contributed by atoms with Gasteiger partial charge in [0.15, 0.2) is 0 Å². The van der Waals surface area contributed by atoms with Crippen molar-refractivity contribution in [2.45, 2.75) is 52.5 Å². The first-order chi connectivity index (χ1) is 8.56. The molecule has 18 heavy (non-hydrogen) atoms. The van der Waals surface area contributed by atoms with Gasteiger partial charge in [0.2, 0.25) is 0 Å². The molecule has 1 saturated carbocycles. The van der Waals surface area contributed by atoms with E-state index < -0.39 is 0 Å². The fourth-order valence-corrected chi connectivity index (χ4v) is 2.90. The topological polar surface area (TPSA) is 12.0 Å². The molecule has 1 nitrogen and oxygen atoms in total. The first-order valence-corrected chi connectivity index (χ1v) is 7.09. The third-order valence-electron chi connectivity index (χ3n) is 4.20. The molecule has 0 aromatic heterocycles. The average molecular weight is 249 g/mol. The average Bonchev–Trinajstić information content (AvgIpc) is 2.34. The summed E-state index contributed by atoms with van der Waals surface area (Å²) in [6.45, 7) is 6.61. The Morgan fingerprint density at radius 2 is 1.83 bits per heavy atom. The van der Waals surface area contributed by atoms with Crippen molar-refractivity contribution in [3.05, 3.63) is 29.6 Å². The zero-order chi connectivity index (χ0) is 13.1. The fourth-order valence-electron chi connectivity index (χ4n) is 2.90. The Bertz CT molecular complexity index is 392. The van der Waals surface area contributed by atoms with E-state index in [1.807, 2.05) is 19.1 Å². The molecule has 0 saturated heterocycles. The van der Waals surface area contributed by atoms with Crippen LogP contribution < -0.4 is 5.32 Å². The van der Waals surface area contributed by atoms with Crippen molar-refractivity contribution in [2.24, 2.45) is 11.8 Å². The van der Waals surface area contributed by atoms with E-state index in [0.717, 1.165) is 30.2 Å². The number of hydrogen-bond acceptors (Lipinski definition) is 1. The predicted octanol–water partition coefficient (Wildman–Crippen LogP) is 4.76. The molecule has 0 aliphatic heterocycles. The van der Waals surface area contributed by atoms with E-state index in [9.17, 15) is 4.39 Å². The Labute approximate surface area is 110 Å². The minimum atomic E-state index is -0.133. The lowest BCUT2D eigenvalue weighted by Crippen LogP contribution is -2.28. The highest BCUT2D eigenvalue weighted by molar-refractivity contribution is 5.47. The molecule has 1 aromatic carbocycles. The Balaban J connectivity index is 1.93. The molecule has 2 rings (SSSR count). The molecule has 1 aliphatic rings. The number of anilines is 1. The summed E-state index contributed by atoms with van der Waals surface area (Å²) in [7, 11) is 0.